The summed E-state index contributed by atoms with van der Waals surface area (Å²) < 4.78 is 0. The molecule has 1 fully saturated rings. The summed E-state index contributed by atoms with van der Waals surface area (Å²) in [6.07, 6.45) is 1.27. The van der Waals surface area contributed by atoms with Crippen molar-refractivity contribution in [2.45, 2.75) is 57.0 Å². The maximum atomic E-state index is 9.77. The number of β-amino-alcohol motifs (C(OH)–C–C–N with tert-alkyl or cyclic N) is 1. The predicted molar refractivity (Wildman–Crippen MR) is 64.6 cm³/mol. The lowest BCUT2D eigenvalue weighted by Crippen LogP contribution is -2.62. The molecule has 1 rings (SSSR count). The van der Waals surface area contributed by atoms with Crippen LogP contribution in [0.15, 0.2) is 0 Å². The van der Waals surface area contributed by atoms with Crippen molar-refractivity contribution in [3.05, 3.63) is 0 Å². The summed E-state index contributed by atoms with van der Waals surface area (Å²) in [5.74, 6) is 0. The molecule has 1 unspecified atom stereocenters. The Balaban J connectivity index is 2.45. The minimum Gasteiger partial charge on any atom is -0.395 e. The Hall–Kier alpha value is -0.200. The van der Waals surface area contributed by atoms with Crippen LogP contribution >= 0.6 is 0 Å². The smallest absolute Gasteiger partial charge is 0.109 e. The highest BCUT2D eigenvalue weighted by molar-refractivity contribution is 4.93. The minimum atomic E-state index is -1.15. The molecule has 4 atom stereocenters. The highest BCUT2D eigenvalue weighted by Crippen LogP contribution is 2.19. The van der Waals surface area contributed by atoms with Crippen molar-refractivity contribution >= 4 is 0 Å². The summed E-state index contributed by atoms with van der Waals surface area (Å²) in [4.78, 5) is 1.87. The Kier molecular flexibility index (Phi) is 6.37. The van der Waals surface area contributed by atoms with E-state index < -0.39 is 24.4 Å². The van der Waals surface area contributed by atoms with E-state index in [0.29, 0.717) is 6.54 Å². The van der Waals surface area contributed by atoms with Gasteiger partial charge in [0, 0.05) is 6.54 Å². The first-order valence-electron chi connectivity index (χ1n) is 6.51. The summed E-state index contributed by atoms with van der Waals surface area (Å²) >= 11 is 0. The summed E-state index contributed by atoms with van der Waals surface area (Å²) in [7, 11) is 0. The normalized spacial score (nSPS) is 35.1. The molecule has 0 spiro atoms. The van der Waals surface area contributed by atoms with Gasteiger partial charge in [0.15, 0.2) is 0 Å². The van der Waals surface area contributed by atoms with E-state index in [9.17, 15) is 20.4 Å². The molecule has 1 heterocycles. The van der Waals surface area contributed by atoms with Gasteiger partial charge in [-0.05, 0) is 13.0 Å². The Labute approximate surface area is 103 Å². The molecule has 4 N–H and O–H groups in total. The second-order valence-electron chi connectivity index (χ2n) is 4.85. The highest BCUT2D eigenvalue weighted by atomic mass is 16.4. The summed E-state index contributed by atoms with van der Waals surface area (Å²) in [6, 6.07) is -0.463. The van der Waals surface area contributed by atoms with Gasteiger partial charge in [-0.2, -0.15) is 0 Å². The van der Waals surface area contributed by atoms with Gasteiger partial charge in [-0.1, -0.05) is 26.2 Å². The van der Waals surface area contributed by atoms with Crippen LogP contribution in [0, 0.1) is 0 Å². The SMILES string of the molecule is CCCCCCN1C[C@H](O)[C@@H](O)[C@@H](O)C1CO. The average Bonchev–Trinajstić information content (AvgIpc) is 2.32. The summed E-state index contributed by atoms with van der Waals surface area (Å²) in [6.45, 7) is 3.00. The second kappa shape index (κ2) is 7.28. The molecule has 17 heavy (non-hydrogen) atoms. The quantitative estimate of drug-likeness (QED) is 0.468. The number of likely N-dealkylation sites (tertiary alicyclic amines) is 1. The van der Waals surface area contributed by atoms with Crippen molar-refractivity contribution in [3.63, 3.8) is 0 Å². The molecule has 5 nitrogen and oxygen atoms in total. The lowest BCUT2D eigenvalue weighted by molar-refractivity contribution is -0.145. The molecule has 0 aromatic rings. The van der Waals surface area contributed by atoms with Crippen molar-refractivity contribution in [2.24, 2.45) is 0 Å². The maximum absolute atomic E-state index is 9.77. The van der Waals surface area contributed by atoms with Crippen LogP contribution < -0.4 is 0 Å². The van der Waals surface area contributed by atoms with Crippen LogP contribution in [0.1, 0.15) is 32.6 Å². The molecule has 1 saturated heterocycles. The fourth-order valence-corrected chi connectivity index (χ4v) is 2.38. The lowest BCUT2D eigenvalue weighted by Gasteiger charge is -2.43. The Morgan fingerprint density at radius 3 is 2.35 bits per heavy atom. The van der Waals surface area contributed by atoms with E-state index >= 15 is 0 Å². The minimum absolute atomic E-state index is 0.196. The van der Waals surface area contributed by atoms with E-state index in [0.717, 1.165) is 25.8 Å². The molecule has 1 aliphatic heterocycles. The molecule has 0 aliphatic carbocycles. The highest BCUT2D eigenvalue weighted by Gasteiger charge is 2.40. The number of unbranched alkanes of at least 4 members (excludes halogenated alkanes) is 3. The number of hydrogen-bond acceptors (Lipinski definition) is 5. The number of nitrogens with zero attached hydrogens (tertiary/aromatic N) is 1. The van der Waals surface area contributed by atoms with Crippen LogP contribution in [-0.4, -0.2) is 69.4 Å². The van der Waals surface area contributed by atoms with Gasteiger partial charge >= 0.3 is 0 Å². The van der Waals surface area contributed by atoms with Crippen LogP contribution in [0.4, 0.5) is 0 Å². The number of aliphatic hydroxyl groups is 4. The Bertz CT molecular complexity index is 215. The number of hydrogen-bond donors (Lipinski definition) is 4. The van der Waals surface area contributed by atoms with Gasteiger partial charge in [0.05, 0.1) is 18.8 Å². The third-order valence-corrected chi connectivity index (χ3v) is 3.51. The molecule has 0 amide bonds. The molecule has 0 aromatic heterocycles. The van der Waals surface area contributed by atoms with Gasteiger partial charge < -0.3 is 20.4 Å². The number of piperidine rings is 1. The zero-order valence-corrected chi connectivity index (χ0v) is 10.5. The second-order valence-corrected chi connectivity index (χ2v) is 4.85. The predicted octanol–water partition coefficient (Wildman–Crippen LogP) is -0.674. The summed E-state index contributed by atoms with van der Waals surface area (Å²) in [5.41, 5.74) is 0. The molecular formula is C12H25NO4. The van der Waals surface area contributed by atoms with Gasteiger partial charge in [-0.25, -0.2) is 0 Å². The van der Waals surface area contributed by atoms with Crippen LogP contribution in [0.25, 0.3) is 0 Å². The van der Waals surface area contributed by atoms with E-state index in [1.807, 2.05) is 4.90 Å². The van der Waals surface area contributed by atoms with Crippen molar-refractivity contribution in [1.82, 2.24) is 4.90 Å². The largest absolute Gasteiger partial charge is 0.395 e. The van der Waals surface area contributed by atoms with Crippen molar-refractivity contribution in [2.75, 3.05) is 19.7 Å². The lowest BCUT2D eigenvalue weighted by atomic mass is 9.94. The molecule has 5 heteroatoms. The molecule has 0 saturated carbocycles. The standard InChI is InChI=1S/C12H25NO4/c1-2-3-4-5-6-13-7-10(15)12(17)11(16)9(13)8-14/h9-12,14-17H,2-8H2,1H3/t9?,10-,11-,12+/m0/s1. The van der Waals surface area contributed by atoms with Crippen molar-refractivity contribution in [3.8, 4) is 0 Å². The van der Waals surface area contributed by atoms with Crippen LogP contribution in [0.3, 0.4) is 0 Å². The fraction of sp³-hybridized carbons (Fsp3) is 1.00. The third kappa shape index (κ3) is 3.89. The monoisotopic (exact) mass is 247 g/mol. The van der Waals surface area contributed by atoms with Gasteiger partial charge in [0.2, 0.25) is 0 Å². The van der Waals surface area contributed by atoms with Crippen LogP contribution in [-0.2, 0) is 0 Å². The van der Waals surface area contributed by atoms with Gasteiger partial charge in [-0.15, -0.1) is 0 Å². The first kappa shape index (κ1) is 14.9. The zero-order valence-electron chi connectivity index (χ0n) is 10.5. The third-order valence-electron chi connectivity index (χ3n) is 3.51. The molecule has 0 bridgehead atoms. The molecule has 0 radical (unpaired) electrons. The summed E-state index contributed by atoms with van der Waals surface area (Å²) in [5, 5.41) is 38.2. The van der Waals surface area contributed by atoms with E-state index in [1.54, 1.807) is 0 Å². The van der Waals surface area contributed by atoms with E-state index in [1.165, 1.54) is 6.42 Å². The Morgan fingerprint density at radius 2 is 1.76 bits per heavy atom. The Morgan fingerprint density at radius 1 is 1.06 bits per heavy atom. The molecular weight excluding hydrogens is 222 g/mol. The van der Waals surface area contributed by atoms with Crippen LogP contribution in [0.2, 0.25) is 0 Å². The van der Waals surface area contributed by atoms with Crippen molar-refractivity contribution < 1.29 is 20.4 Å². The van der Waals surface area contributed by atoms with Gasteiger partial charge in [0.25, 0.3) is 0 Å². The van der Waals surface area contributed by atoms with Gasteiger partial charge in [-0.3, -0.25) is 4.90 Å². The molecule has 102 valence electrons. The number of rotatable bonds is 6. The van der Waals surface area contributed by atoms with Crippen LogP contribution in [0.5, 0.6) is 0 Å². The van der Waals surface area contributed by atoms with Crippen molar-refractivity contribution in [1.29, 1.82) is 0 Å². The molecule has 1 aliphatic rings. The fourth-order valence-electron chi connectivity index (χ4n) is 2.38. The average molecular weight is 247 g/mol. The van der Waals surface area contributed by atoms with E-state index in [4.69, 9.17) is 0 Å². The first-order chi connectivity index (χ1) is 8.11. The van der Waals surface area contributed by atoms with E-state index in [2.05, 4.69) is 6.92 Å². The topological polar surface area (TPSA) is 84.2 Å². The zero-order chi connectivity index (χ0) is 12.8. The maximum Gasteiger partial charge on any atom is 0.109 e. The number of aliphatic hydroxyl groups excluding tert-OH is 4. The van der Waals surface area contributed by atoms with E-state index in [-0.39, 0.29) is 6.61 Å². The van der Waals surface area contributed by atoms with Gasteiger partial charge in [0.1, 0.15) is 12.2 Å². The molecule has 0 aromatic carbocycles. The first-order valence-corrected chi connectivity index (χ1v) is 6.51.